The van der Waals surface area contributed by atoms with Crippen molar-refractivity contribution in [2.24, 2.45) is 0 Å². The van der Waals surface area contributed by atoms with Gasteiger partial charge < -0.3 is 9.47 Å². The summed E-state index contributed by atoms with van der Waals surface area (Å²) in [5.74, 6) is 1.47. The van der Waals surface area contributed by atoms with Gasteiger partial charge in [-0.2, -0.15) is 5.26 Å². The average molecular weight is 282 g/mol. The summed E-state index contributed by atoms with van der Waals surface area (Å²) in [5.41, 5.74) is 1.57. The van der Waals surface area contributed by atoms with E-state index in [1.54, 1.807) is 0 Å². The quantitative estimate of drug-likeness (QED) is 0.795. The lowest BCUT2D eigenvalue weighted by Gasteiger charge is -2.14. The highest BCUT2D eigenvalue weighted by Crippen LogP contribution is 2.39. The zero-order valence-corrected chi connectivity index (χ0v) is 10.6. The number of nitriles is 1. The first kappa shape index (κ1) is 11.3. The first-order valence-electron chi connectivity index (χ1n) is 5.29. The fraction of sp³-hybridized carbons (Fsp3) is 0.417. The number of hydrogen-bond acceptors (Lipinski definition) is 3. The number of nitrogens with zero attached hydrogens (tertiary/aromatic N) is 1. The van der Waals surface area contributed by atoms with Crippen LogP contribution in [-0.2, 0) is 6.42 Å². The lowest BCUT2D eigenvalue weighted by atomic mass is 10.0. The molecular formula is C12H12BrNO2. The highest BCUT2D eigenvalue weighted by atomic mass is 79.9. The highest BCUT2D eigenvalue weighted by molar-refractivity contribution is 9.10. The number of hydrogen-bond donors (Lipinski definition) is 0. The maximum Gasteiger partial charge on any atom is 0.165 e. The molecule has 0 saturated heterocycles. The minimum atomic E-state index is 0.645. The predicted molar refractivity (Wildman–Crippen MR) is 63.8 cm³/mol. The molecule has 1 aromatic carbocycles. The Hall–Kier alpha value is -1.21. The molecule has 1 aliphatic heterocycles. The smallest absolute Gasteiger partial charge is 0.165 e. The molecule has 0 N–H and O–H groups in total. The summed E-state index contributed by atoms with van der Waals surface area (Å²) < 4.78 is 12.1. The molecule has 16 heavy (non-hydrogen) atoms. The van der Waals surface area contributed by atoms with Crippen LogP contribution in [0, 0.1) is 11.3 Å². The van der Waals surface area contributed by atoms with Gasteiger partial charge in [0.25, 0.3) is 0 Å². The summed E-state index contributed by atoms with van der Waals surface area (Å²) in [6.07, 6.45) is 1.63. The van der Waals surface area contributed by atoms with Crippen molar-refractivity contribution in [1.29, 1.82) is 5.26 Å². The monoisotopic (exact) mass is 281 g/mol. The molecule has 2 rings (SSSR count). The van der Waals surface area contributed by atoms with Gasteiger partial charge in [0.1, 0.15) is 6.07 Å². The predicted octanol–water partition coefficient (Wildman–Crippen LogP) is 3.04. The van der Waals surface area contributed by atoms with Crippen LogP contribution in [0.25, 0.3) is 0 Å². The van der Waals surface area contributed by atoms with Crippen molar-refractivity contribution in [2.45, 2.75) is 19.8 Å². The van der Waals surface area contributed by atoms with Crippen molar-refractivity contribution in [1.82, 2.24) is 0 Å². The maximum absolute atomic E-state index is 9.13. The normalized spacial score (nSPS) is 14.1. The fourth-order valence-electron chi connectivity index (χ4n) is 1.80. The zero-order chi connectivity index (χ0) is 11.5. The van der Waals surface area contributed by atoms with Gasteiger partial charge in [-0.3, -0.25) is 0 Å². The van der Waals surface area contributed by atoms with Crippen LogP contribution in [0.5, 0.6) is 11.5 Å². The molecule has 1 aromatic rings. The van der Waals surface area contributed by atoms with Crippen molar-refractivity contribution in [3.05, 3.63) is 21.7 Å². The molecule has 1 aliphatic rings. The zero-order valence-electron chi connectivity index (χ0n) is 9.05. The van der Waals surface area contributed by atoms with Gasteiger partial charge in [-0.05, 0) is 28.4 Å². The highest BCUT2D eigenvalue weighted by Gasteiger charge is 2.19. The van der Waals surface area contributed by atoms with Gasteiger partial charge in [0.2, 0.25) is 0 Å². The topological polar surface area (TPSA) is 42.2 Å². The Morgan fingerprint density at radius 3 is 2.88 bits per heavy atom. The lowest BCUT2D eigenvalue weighted by Crippen LogP contribution is -2.00. The molecule has 0 fully saturated rings. The third-order valence-electron chi connectivity index (χ3n) is 2.55. The van der Waals surface area contributed by atoms with Gasteiger partial charge in [0.05, 0.1) is 18.8 Å². The third kappa shape index (κ3) is 1.88. The summed E-state index contributed by atoms with van der Waals surface area (Å²) in [6.45, 7) is 3.32. The van der Waals surface area contributed by atoms with Crippen LogP contribution in [0.2, 0.25) is 0 Å². The summed E-state index contributed by atoms with van der Waals surface area (Å²) in [6, 6.07) is 4.02. The molecule has 0 aromatic heterocycles. The van der Waals surface area contributed by atoms with Gasteiger partial charge in [0, 0.05) is 16.5 Å². The number of benzene rings is 1. The van der Waals surface area contributed by atoms with Crippen LogP contribution in [0.15, 0.2) is 10.5 Å². The Morgan fingerprint density at radius 2 is 2.19 bits per heavy atom. The second kappa shape index (κ2) is 4.75. The Bertz CT molecular complexity index is 451. The van der Waals surface area contributed by atoms with Crippen LogP contribution in [0.1, 0.15) is 24.5 Å². The molecule has 3 nitrogen and oxygen atoms in total. The van der Waals surface area contributed by atoms with Crippen molar-refractivity contribution in [3.8, 4) is 17.6 Å². The number of halogens is 1. The van der Waals surface area contributed by atoms with Crippen LogP contribution < -0.4 is 9.47 Å². The molecule has 0 radical (unpaired) electrons. The molecule has 0 atom stereocenters. The van der Waals surface area contributed by atoms with E-state index in [-0.39, 0.29) is 0 Å². The Labute approximate surface area is 103 Å². The Kier molecular flexibility index (Phi) is 3.35. The molecule has 84 valence electrons. The number of rotatable bonds is 1. The molecular weight excluding hydrogens is 270 g/mol. The van der Waals surface area contributed by atoms with Crippen LogP contribution in [0.3, 0.4) is 0 Å². The van der Waals surface area contributed by atoms with E-state index >= 15 is 0 Å². The standard InChI is InChI=1S/C12H12BrNO2/c1-2-8-9(7-14)10(13)6-11-12(8)16-5-3-4-15-11/h6H,2-5H2,1H3. The number of ether oxygens (including phenoxy) is 2. The molecule has 0 aliphatic carbocycles. The van der Waals surface area contributed by atoms with Crippen LogP contribution in [0.4, 0.5) is 0 Å². The SMILES string of the molecule is CCc1c(C#N)c(Br)cc2c1OCCCO2. The maximum atomic E-state index is 9.13. The largest absolute Gasteiger partial charge is 0.490 e. The molecule has 4 heteroatoms. The number of fused-ring (bicyclic) bond motifs is 1. The van der Waals surface area contributed by atoms with Crippen molar-refractivity contribution >= 4 is 15.9 Å². The van der Waals surface area contributed by atoms with Crippen LogP contribution in [-0.4, -0.2) is 13.2 Å². The van der Waals surface area contributed by atoms with E-state index in [9.17, 15) is 0 Å². The van der Waals surface area contributed by atoms with E-state index in [1.165, 1.54) is 0 Å². The van der Waals surface area contributed by atoms with Gasteiger partial charge in [0.15, 0.2) is 11.5 Å². The average Bonchev–Trinajstić information content (AvgIpc) is 2.52. The second-order valence-corrected chi connectivity index (χ2v) is 4.41. The molecule has 0 amide bonds. The first-order chi connectivity index (χ1) is 7.77. The Balaban J connectivity index is 2.62. The first-order valence-corrected chi connectivity index (χ1v) is 6.08. The van der Waals surface area contributed by atoms with E-state index in [0.717, 1.165) is 34.4 Å². The van der Waals surface area contributed by atoms with Crippen molar-refractivity contribution in [2.75, 3.05) is 13.2 Å². The Morgan fingerprint density at radius 1 is 1.44 bits per heavy atom. The van der Waals surface area contributed by atoms with E-state index in [1.807, 2.05) is 13.0 Å². The summed E-state index contributed by atoms with van der Waals surface area (Å²) in [5, 5.41) is 9.13. The molecule has 0 spiro atoms. The third-order valence-corrected chi connectivity index (χ3v) is 3.18. The van der Waals surface area contributed by atoms with Crippen LogP contribution >= 0.6 is 15.9 Å². The van der Waals surface area contributed by atoms with E-state index in [0.29, 0.717) is 18.8 Å². The minimum absolute atomic E-state index is 0.645. The van der Waals surface area contributed by atoms with Crippen molar-refractivity contribution < 1.29 is 9.47 Å². The van der Waals surface area contributed by atoms with E-state index in [4.69, 9.17) is 14.7 Å². The molecule has 0 bridgehead atoms. The summed E-state index contributed by atoms with van der Waals surface area (Å²) in [4.78, 5) is 0. The van der Waals surface area contributed by atoms with E-state index in [2.05, 4.69) is 22.0 Å². The van der Waals surface area contributed by atoms with Crippen molar-refractivity contribution in [3.63, 3.8) is 0 Å². The lowest BCUT2D eigenvalue weighted by molar-refractivity contribution is 0.296. The molecule has 1 heterocycles. The van der Waals surface area contributed by atoms with Gasteiger partial charge in [-0.25, -0.2) is 0 Å². The van der Waals surface area contributed by atoms with Gasteiger partial charge >= 0.3 is 0 Å². The van der Waals surface area contributed by atoms with E-state index < -0.39 is 0 Å². The van der Waals surface area contributed by atoms with Gasteiger partial charge in [-0.1, -0.05) is 6.92 Å². The minimum Gasteiger partial charge on any atom is -0.490 e. The summed E-state index contributed by atoms with van der Waals surface area (Å²) >= 11 is 3.39. The van der Waals surface area contributed by atoms with Gasteiger partial charge in [-0.15, -0.1) is 0 Å². The fourth-order valence-corrected chi connectivity index (χ4v) is 2.33. The second-order valence-electron chi connectivity index (χ2n) is 3.56. The molecule has 0 saturated carbocycles. The molecule has 0 unspecified atom stereocenters. The summed E-state index contributed by atoms with van der Waals surface area (Å²) in [7, 11) is 0.